The summed E-state index contributed by atoms with van der Waals surface area (Å²) in [6, 6.07) is 14.6. The van der Waals surface area contributed by atoms with E-state index in [9.17, 15) is 9.59 Å². The van der Waals surface area contributed by atoms with Crippen LogP contribution in [0.1, 0.15) is 18.1 Å². The molecule has 0 aliphatic heterocycles. The number of carbonyl (C=O) groups excluding carboxylic acids is 2. The number of benzene rings is 2. The summed E-state index contributed by atoms with van der Waals surface area (Å²) in [5.41, 5.74) is 2.10. The predicted molar refractivity (Wildman–Crippen MR) is 105 cm³/mol. The van der Waals surface area contributed by atoms with Gasteiger partial charge in [-0.1, -0.05) is 45.8 Å². The van der Waals surface area contributed by atoms with Crippen molar-refractivity contribution < 1.29 is 14.3 Å². The molecular formula is C20H23BrN2O3. The average molecular weight is 419 g/mol. The summed E-state index contributed by atoms with van der Waals surface area (Å²) < 4.78 is 6.52. The van der Waals surface area contributed by atoms with Crippen LogP contribution in [0, 0.1) is 6.92 Å². The van der Waals surface area contributed by atoms with E-state index < -0.39 is 6.04 Å². The molecule has 0 fully saturated rings. The SMILES string of the molecule is CNC(=O)[C@H](C)N(Cc1ccc(C)cc1)C(=O)COc1ccc(Br)cc1. The van der Waals surface area contributed by atoms with Crippen LogP contribution in [0.4, 0.5) is 0 Å². The van der Waals surface area contributed by atoms with E-state index in [1.54, 1.807) is 26.1 Å². The van der Waals surface area contributed by atoms with E-state index in [1.807, 2.05) is 43.3 Å². The molecule has 6 heteroatoms. The molecule has 2 aromatic rings. The second kappa shape index (κ2) is 9.38. The van der Waals surface area contributed by atoms with Crippen molar-refractivity contribution in [1.29, 1.82) is 0 Å². The molecule has 0 aromatic heterocycles. The van der Waals surface area contributed by atoms with Crippen LogP contribution in [0.3, 0.4) is 0 Å². The van der Waals surface area contributed by atoms with Gasteiger partial charge in [-0.15, -0.1) is 0 Å². The van der Waals surface area contributed by atoms with Gasteiger partial charge >= 0.3 is 0 Å². The van der Waals surface area contributed by atoms with Gasteiger partial charge < -0.3 is 15.0 Å². The van der Waals surface area contributed by atoms with Gasteiger partial charge in [0.1, 0.15) is 11.8 Å². The smallest absolute Gasteiger partial charge is 0.261 e. The first-order valence-electron chi connectivity index (χ1n) is 8.35. The fraction of sp³-hybridized carbons (Fsp3) is 0.300. The van der Waals surface area contributed by atoms with Gasteiger partial charge in [0.2, 0.25) is 5.91 Å². The first-order valence-corrected chi connectivity index (χ1v) is 9.15. The van der Waals surface area contributed by atoms with E-state index in [4.69, 9.17) is 4.74 Å². The second-order valence-electron chi connectivity index (χ2n) is 6.04. The largest absolute Gasteiger partial charge is 0.484 e. The van der Waals surface area contributed by atoms with Crippen molar-refractivity contribution in [3.8, 4) is 5.75 Å². The van der Waals surface area contributed by atoms with E-state index in [-0.39, 0.29) is 18.4 Å². The highest BCUT2D eigenvalue weighted by atomic mass is 79.9. The van der Waals surface area contributed by atoms with Crippen molar-refractivity contribution in [3.63, 3.8) is 0 Å². The Bertz CT molecular complexity index is 745. The van der Waals surface area contributed by atoms with Crippen molar-refractivity contribution >= 4 is 27.7 Å². The van der Waals surface area contributed by atoms with Crippen LogP contribution in [0.5, 0.6) is 5.75 Å². The van der Waals surface area contributed by atoms with Gasteiger partial charge in [0.25, 0.3) is 5.91 Å². The summed E-state index contributed by atoms with van der Waals surface area (Å²) in [5, 5.41) is 2.60. The number of likely N-dealkylation sites (N-methyl/N-ethyl adjacent to an activating group) is 1. The van der Waals surface area contributed by atoms with Crippen LogP contribution in [0.25, 0.3) is 0 Å². The van der Waals surface area contributed by atoms with Crippen LogP contribution in [-0.4, -0.2) is 36.4 Å². The third-order valence-electron chi connectivity index (χ3n) is 4.06. The molecule has 2 amide bonds. The molecule has 1 atom stereocenters. The van der Waals surface area contributed by atoms with Gasteiger partial charge in [0.05, 0.1) is 0 Å². The fourth-order valence-corrected chi connectivity index (χ4v) is 2.70. The minimum atomic E-state index is -0.595. The Kier molecular flexibility index (Phi) is 7.21. The molecule has 0 spiro atoms. The molecule has 138 valence electrons. The van der Waals surface area contributed by atoms with Gasteiger partial charge in [-0.05, 0) is 43.7 Å². The zero-order valence-electron chi connectivity index (χ0n) is 15.2. The van der Waals surface area contributed by atoms with Crippen LogP contribution in [0.2, 0.25) is 0 Å². The number of hydrogen-bond donors (Lipinski definition) is 1. The van der Waals surface area contributed by atoms with Crippen LogP contribution in [0.15, 0.2) is 53.0 Å². The Morgan fingerprint density at radius 3 is 2.31 bits per heavy atom. The molecule has 2 aromatic carbocycles. The second-order valence-corrected chi connectivity index (χ2v) is 6.96. The zero-order chi connectivity index (χ0) is 19.1. The summed E-state index contributed by atoms with van der Waals surface area (Å²) in [6.07, 6.45) is 0. The summed E-state index contributed by atoms with van der Waals surface area (Å²) in [6.45, 7) is 3.93. The first kappa shape index (κ1) is 20.0. The maximum absolute atomic E-state index is 12.7. The molecule has 5 nitrogen and oxygen atoms in total. The van der Waals surface area contributed by atoms with Crippen LogP contribution in [-0.2, 0) is 16.1 Å². The molecule has 26 heavy (non-hydrogen) atoms. The summed E-state index contributed by atoms with van der Waals surface area (Å²) in [5.74, 6) is 0.142. The Morgan fingerprint density at radius 2 is 1.73 bits per heavy atom. The van der Waals surface area contributed by atoms with E-state index in [0.717, 1.165) is 15.6 Å². The lowest BCUT2D eigenvalue weighted by Crippen LogP contribution is -2.48. The number of rotatable bonds is 7. The molecular weight excluding hydrogens is 396 g/mol. The number of aryl methyl sites for hydroxylation is 1. The van der Waals surface area contributed by atoms with Crippen LogP contribution >= 0.6 is 15.9 Å². The van der Waals surface area contributed by atoms with Crippen molar-refractivity contribution in [2.24, 2.45) is 0 Å². The normalized spacial score (nSPS) is 11.5. The van der Waals surface area contributed by atoms with Gasteiger partial charge in [-0.25, -0.2) is 0 Å². The van der Waals surface area contributed by atoms with Crippen molar-refractivity contribution in [1.82, 2.24) is 10.2 Å². The Labute approximate surface area is 162 Å². The topological polar surface area (TPSA) is 58.6 Å². The predicted octanol–water partition coefficient (Wildman–Crippen LogP) is 3.30. The number of nitrogens with zero attached hydrogens (tertiary/aromatic N) is 1. The maximum Gasteiger partial charge on any atom is 0.261 e. The molecule has 2 rings (SSSR count). The summed E-state index contributed by atoms with van der Waals surface area (Å²) in [4.78, 5) is 26.3. The molecule has 0 heterocycles. The molecule has 1 N–H and O–H groups in total. The first-order chi connectivity index (χ1) is 12.4. The molecule has 0 saturated heterocycles. The minimum absolute atomic E-state index is 0.130. The molecule has 0 unspecified atom stereocenters. The Morgan fingerprint density at radius 1 is 1.12 bits per heavy atom. The lowest BCUT2D eigenvalue weighted by atomic mass is 10.1. The van der Waals surface area contributed by atoms with Gasteiger partial charge in [0.15, 0.2) is 6.61 Å². The molecule has 0 aliphatic rings. The highest BCUT2D eigenvalue weighted by Crippen LogP contribution is 2.17. The quantitative estimate of drug-likeness (QED) is 0.750. The van der Waals surface area contributed by atoms with Crippen molar-refractivity contribution in [2.45, 2.75) is 26.4 Å². The third kappa shape index (κ3) is 5.59. The van der Waals surface area contributed by atoms with Gasteiger partial charge in [-0.2, -0.15) is 0 Å². The molecule has 0 bridgehead atoms. The van der Waals surface area contributed by atoms with Crippen LogP contribution < -0.4 is 10.1 Å². The maximum atomic E-state index is 12.7. The zero-order valence-corrected chi connectivity index (χ0v) is 16.7. The van der Waals surface area contributed by atoms with E-state index >= 15 is 0 Å². The van der Waals surface area contributed by atoms with Crippen molar-refractivity contribution in [2.75, 3.05) is 13.7 Å². The lowest BCUT2D eigenvalue weighted by Gasteiger charge is -2.28. The summed E-state index contributed by atoms with van der Waals surface area (Å²) >= 11 is 3.36. The highest BCUT2D eigenvalue weighted by Gasteiger charge is 2.25. The summed E-state index contributed by atoms with van der Waals surface area (Å²) in [7, 11) is 1.56. The van der Waals surface area contributed by atoms with E-state index in [2.05, 4.69) is 21.2 Å². The molecule has 0 saturated carbocycles. The number of nitrogens with one attached hydrogen (secondary N) is 1. The van der Waals surface area contributed by atoms with E-state index in [0.29, 0.717) is 12.3 Å². The number of amides is 2. The lowest BCUT2D eigenvalue weighted by molar-refractivity contribution is -0.142. The number of halogens is 1. The van der Waals surface area contributed by atoms with Crippen molar-refractivity contribution in [3.05, 3.63) is 64.1 Å². The highest BCUT2D eigenvalue weighted by molar-refractivity contribution is 9.10. The third-order valence-corrected chi connectivity index (χ3v) is 4.59. The Balaban J connectivity index is 2.10. The number of ether oxygens (including phenoxy) is 1. The number of carbonyl (C=O) groups is 2. The standard InChI is InChI=1S/C20H23BrN2O3/c1-14-4-6-16(7-5-14)12-23(15(2)20(25)22-3)19(24)13-26-18-10-8-17(21)9-11-18/h4-11,15H,12-13H2,1-3H3,(H,22,25)/t15-/m0/s1. The molecule has 0 radical (unpaired) electrons. The number of hydrogen-bond acceptors (Lipinski definition) is 3. The monoisotopic (exact) mass is 418 g/mol. The Hall–Kier alpha value is -2.34. The van der Waals surface area contributed by atoms with Gasteiger partial charge in [0, 0.05) is 18.1 Å². The van der Waals surface area contributed by atoms with Gasteiger partial charge in [-0.3, -0.25) is 9.59 Å². The fourth-order valence-electron chi connectivity index (χ4n) is 2.44. The minimum Gasteiger partial charge on any atom is -0.484 e. The molecule has 0 aliphatic carbocycles. The van der Waals surface area contributed by atoms with E-state index in [1.165, 1.54) is 4.90 Å². The average Bonchev–Trinajstić information content (AvgIpc) is 2.65.